The van der Waals surface area contributed by atoms with E-state index in [1.807, 2.05) is 0 Å². The molecule has 35 heavy (non-hydrogen) atoms. The molecule has 10 heteroatoms. The van der Waals surface area contributed by atoms with E-state index in [9.17, 15) is 18.0 Å². The first kappa shape index (κ1) is 25.6. The number of ketones is 1. The van der Waals surface area contributed by atoms with Gasteiger partial charge in [0.05, 0.1) is 37.5 Å². The summed E-state index contributed by atoms with van der Waals surface area (Å²) in [5.41, 5.74) is 0.682. The van der Waals surface area contributed by atoms with Crippen LogP contribution in [0, 0.1) is 0 Å². The number of methoxy groups -OCH3 is 3. The Morgan fingerprint density at radius 1 is 0.800 bits per heavy atom. The number of Topliss-reactive ketones (excluding diaryl/α,β-unsaturated/α-hetero) is 1. The van der Waals surface area contributed by atoms with Crippen molar-refractivity contribution in [3.63, 3.8) is 0 Å². The van der Waals surface area contributed by atoms with E-state index in [1.54, 1.807) is 30.3 Å². The highest BCUT2D eigenvalue weighted by Crippen LogP contribution is 2.28. The Balaban J connectivity index is 1.73. The zero-order valence-electron chi connectivity index (χ0n) is 19.7. The molecule has 0 aromatic heterocycles. The minimum atomic E-state index is -3.96. The van der Waals surface area contributed by atoms with Crippen LogP contribution in [-0.2, 0) is 14.8 Å². The number of sulfonamides is 1. The van der Waals surface area contributed by atoms with Crippen LogP contribution in [0.1, 0.15) is 20.7 Å². The highest BCUT2D eigenvalue weighted by Gasteiger charge is 2.23. The van der Waals surface area contributed by atoms with Crippen molar-refractivity contribution in [2.24, 2.45) is 0 Å². The molecule has 0 amide bonds. The molecule has 184 valence electrons. The number of esters is 1. The maximum Gasteiger partial charge on any atom is 0.338 e. The Morgan fingerprint density at radius 3 is 2.11 bits per heavy atom. The first-order valence-electron chi connectivity index (χ1n) is 10.4. The van der Waals surface area contributed by atoms with Crippen LogP contribution >= 0.6 is 0 Å². The quantitative estimate of drug-likeness (QED) is 0.308. The van der Waals surface area contributed by atoms with E-state index in [0.29, 0.717) is 22.9 Å². The van der Waals surface area contributed by atoms with Crippen molar-refractivity contribution in [1.82, 2.24) is 0 Å². The molecular formula is C25H25NO8S. The number of benzene rings is 3. The van der Waals surface area contributed by atoms with Gasteiger partial charge in [0.25, 0.3) is 10.0 Å². The Bertz CT molecular complexity index is 1320. The molecule has 0 fully saturated rings. The van der Waals surface area contributed by atoms with E-state index in [4.69, 9.17) is 18.9 Å². The van der Waals surface area contributed by atoms with Gasteiger partial charge in [0, 0.05) is 12.6 Å². The van der Waals surface area contributed by atoms with Crippen LogP contribution in [0.4, 0.5) is 5.69 Å². The van der Waals surface area contributed by atoms with Crippen LogP contribution in [0.5, 0.6) is 17.2 Å². The lowest BCUT2D eigenvalue weighted by atomic mass is 10.1. The van der Waals surface area contributed by atoms with Gasteiger partial charge in [-0.05, 0) is 60.7 Å². The summed E-state index contributed by atoms with van der Waals surface area (Å²) in [6.45, 7) is -0.531. The van der Waals surface area contributed by atoms with Gasteiger partial charge in [0.1, 0.15) is 5.75 Å². The first-order chi connectivity index (χ1) is 16.7. The lowest BCUT2D eigenvalue weighted by Gasteiger charge is -2.20. The summed E-state index contributed by atoms with van der Waals surface area (Å²) in [6, 6.07) is 16.5. The highest BCUT2D eigenvalue weighted by molar-refractivity contribution is 7.92. The Kier molecular flexibility index (Phi) is 7.98. The molecule has 0 saturated carbocycles. The third kappa shape index (κ3) is 5.72. The standard InChI is InChI=1S/C25H25NO8S/c1-26(19-9-11-20(31-2)12-10-19)35(29,30)21-7-5-6-18(14-21)25(28)34-16-22(27)17-8-13-23(32-3)24(15-17)33-4/h5-15H,16H2,1-4H3. The smallest absolute Gasteiger partial charge is 0.338 e. The molecular weight excluding hydrogens is 474 g/mol. The van der Waals surface area contributed by atoms with E-state index in [1.165, 1.54) is 64.8 Å². The van der Waals surface area contributed by atoms with E-state index >= 15 is 0 Å². The zero-order valence-corrected chi connectivity index (χ0v) is 20.5. The molecule has 0 atom stereocenters. The van der Waals surface area contributed by atoms with Gasteiger partial charge >= 0.3 is 5.97 Å². The van der Waals surface area contributed by atoms with Crippen LogP contribution in [0.3, 0.4) is 0 Å². The van der Waals surface area contributed by atoms with Crippen LogP contribution in [0.25, 0.3) is 0 Å². The average molecular weight is 500 g/mol. The summed E-state index contributed by atoms with van der Waals surface area (Å²) in [5, 5.41) is 0. The molecule has 0 heterocycles. The summed E-state index contributed by atoms with van der Waals surface area (Å²) >= 11 is 0. The van der Waals surface area contributed by atoms with Gasteiger partial charge in [-0.3, -0.25) is 9.10 Å². The Labute approximate surface area is 203 Å². The largest absolute Gasteiger partial charge is 0.497 e. The summed E-state index contributed by atoms with van der Waals surface area (Å²) in [5.74, 6) is 0.124. The molecule has 0 aliphatic heterocycles. The number of hydrogen-bond acceptors (Lipinski definition) is 8. The minimum Gasteiger partial charge on any atom is -0.497 e. The molecule has 3 aromatic rings. The van der Waals surface area contributed by atoms with E-state index in [2.05, 4.69) is 0 Å². The first-order valence-corrected chi connectivity index (χ1v) is 11.8. The molecule has 3 rings (SSSR count). The molecule has 0 aliphatic rings. The van der Waals surface area contributed by atoms with E-state index in [0.717, 1.165) is 4.31 Å². The number of anilines is 1. The molecule has 0 spiro atoms. The molecule has 0 radical (unpaired) electrons. The molecule has 0 N–H and O–H groups in total. The van der Waals surface area contributed by atoms with Crippen molar-refractivity contribution in [2.75, 3.05) is 39.3 Å². The van der Waals surface area contributed by atoms with Gasteiger partial charge in [0.15, 0.2) is 23.9 Å². The molecule has 0 aliphatic carbocycles. The third-order valence-electron chi connectivity index (χ3n) is 5.20. The number of rotatable bonds is 10. The lowest BCUT2D eigenvalue weighted by molar-refractivity contribution is 0.0474. The number of carbonyl (C=O) groups is 2. The fourth-order valence-corrected chi connectivity index (χ4v) is 4.42. The van der Waals surface area contributed by atoms with Gasteiger partial charge in [0.2, 0.25) is 0 Å². The Hall–Kier alpha value is -4.05. The second-order valence-corrected chi connectivity index (χ2v) is 9.24. The van der Waals surface area contributed by atoms with Crippen molar-refractivity contribution < 1.29 is 37.0 Å². The molecule has 0 unspecified atom stereocenters. The predicted molar refractivity (Wildman–Crippen MR) is 129 cm³/mol. The molecule has 0 saturated heterocycles. The zero-order chi connectivity index (χ0) is 25.6. The van der Waals surface area contributed by atoms with Crippen LogP contribution in [0.15, 0.2) is 71.6 Å². The maximum atomic E-state index is 13.1. The lowest BCUT2D eigenvalue weighted by Crippen LogP contribution is -2.26. The van der Waals surface area contributed by atoms with Crippen molar-refractivity contribution in [2.45, 2.75) is 4.90 Å². The normalized spacial score (nSPS) is 10.9. The van der Waals surface area contributed by atoms with Crippen molar-refractivity contribution in [3.05, 3.63) is 77.9 Å². The maximum absolute atomic E-state index is 13.1. The fraction of sp³-hybridized carbons (Fsp3) is 0.200. The highest BCUT2D eigenvalue weighted by atomic mass is 32.2. The van der Waals surface area contributed by atoms with Crippen LogP contribution in [-0.4, -0.2) is 55.2 Å². The monoisotopic (exact) mass is 499 g/mol. The van der Waals surface area contributed by atoms with Gasteiger partial charge in [-0.15, -0.1) is 0 Å². The summed E-state index contributed by atoms with van der Waals surface area (Å²) in [6.07, 6.45) is 0. The van der Waals surface area contributed by atoms with Crippen LogP contribution < -0.4 is 18.5 Å². The number of carbonyl (C=O) groups excluding carboxylic acids is 2. The minimum absolute atomic E-state index is 0.00526. The second-order valence-electron chi connectivity index (χ2n) is 7.27. The number of hydrogen-bond donors (Lipinski definition) is 0. The topological polar surface area (TPSA) is 108 Å². The Morgan fingerprint density at radius 2 is 1.49 bits per heavy atom. The predicted octanol–water partition coefficient (Wildman–Crippen LogP) is 3.58. The number of ether oxygens (including phenoxy) is 4. The van der Waals surface area contributed by atoms with E-state index < -0.39 is 28.4 Å². The average Bonchev–Trinajstić information content (AvgIpc) is 2.90. The third-order valence-corrected chi connectivity index (χ3v) is 6.99. The van der Waals surface area contributed by atoms with Gasteiger partial charge in [-0.2, -0.15) is 0 Å². The summed E-state index contributed by atoms with van der Waals surface area (Å²) < 4.78 is 47.8. The van der Waals surface area contributed by atoms with Crippen LogP contribution in [0.2, 0.25) is 0 Å². The van der Waals surface area contributed by atoms with Gasteiger partial charge < -0.3 is 18.9 Å². The van der Waals surface area contributed by atoms with Crippen molar-refractivity contribution in [3.8, 4) is 17.2 Å². The van der Waals surface area contributed by atoms with Crippen molar-refractivity contribution in [1.29, 1.82) is 0 Å². The second kappa shape index (κ2) is 10.9. The fourth-order valence-electron chi connectivity index (χ4n) is 3.18. The molecule has 9 nitrogen and oxygen atoms in total. The van der Waals surface area contributed by atoms with Gasteiger partial charge in [-0.1, -0.05) is 6.07 Å². The number of nitrogens with zero attached hydrogens (tertiary/aromatic N) is 1. The summed E-state index contributed by atoms with van der Waals surface area (Å²) in [7, 11) is 1.88. The van der Waals surface area contributed by atoms with Crippen molar-refractivity contribution >= 4 is 27.5 Å². The molecule has 0 bridgehead atoms. The van der Waals surface area contributed by atoms with E-state index in [-0.39, 0.29) is 16.0 Å². The van der Waals surface area contributed by atoms with Gasteiger partial charge in [-0.25, -0.2) is 13.2 Å². The molecule has 3 aromatic carbocycles. The SMILES string of the molecule is COc1ccc(N(C)S(=O)(=O)c2cccc(C(=O)OCC(=O)c3ccc(OC)c(OC)c3)c2)cc1. The summed E-state index contributed by atoms with van der Waals surface area (Å²) in [4.78, 5) is 24.9.